The monoisotopic (exact) mass is 356 g/mol. The molecule has 0 aliphatic carbocycles. The van der Waals surface area contributed by atoms with Gasteiger partial charge in [-0.3, -0.25) is 10.1 Å². The van der Waals surface area contributed by atoms with Gasteiger partial charge < -0.3 is 9.84 Å². The molecule has 10 heteroatoms. The van der Waals surface area contributed by atoms with Crippen LogP contribution in [0, 0.1) is 10.1 Å². The Morgan fingerprint density at radius 3 is 2.86 bits per heavy atom. The number of hydrogen-bond acceptors (Lipinski definition) is 7. The predicted molar refractivity (Wildman–Crippen MR) is 73.8 cm³/mol. The van der Waals surface area contributed by atoms with E-state index in [4.69, 9.17) is 4.74 Å². The average Bonchev–Trinajstić information content (AvgIpc) is 2.91. The number of rotatable bonds is 4. The maximum atomic E-state index is 11.7. The number of nitro groups is 1. The number of nitro benzene ring substituents is 1. The van der Waals surface area contributed by atoms with Crippen molar-refractivity contribution in [1.82, 2.24) is 15.4 Å². The van der Waals surface area contributed by atoms with Crippen LogP contribution in [0.25, 0.3) is 11.3 Å². The second-order valence-electron chi connectivity index (χ2n) is 3.82. The van der Waals surface area contributed by atoms with E-state index in [1.54, 1.807) is 6.92 Å². The van der Waals surface area contributed by atoms with Gasteiger partial charge in [0.15, 0.2) is 5.69 Å². The van der Waals surface area contributed by atoms with E-state index in [1.165, 1.54) is 0 Å². The molecule has 21 heavy (non-hydrogen) atoms. The van der Waals surface area contributed by atoms with E-state index >= 15 is 0 Å². The van der Waals surface area contributed by atoms with E-state index in [9.17, 15) is 20.0 Å². The molecule has 1 aromatic heterocycles. The van der Waals surface area contributed by atoms with Crippen LogP contribution in [0.1, 0.15) is 17.4 Å². The Morgan fingerprint density at radius 1 is 1.52 bits per heavy atom. The summed E-state index contributed by atoms with van der Waals surface area (Å²) in [5.41, 5.74) is -0.477. The van der Waals surface area contributed by atoms with E-state index in [0.717, 1.165) is 12.1 Å². The van der Waals surface area contributed by atoms with Gasteiger partial charge in [-0.1, -0.05) is 0 Å². The second-order valence-corrected chi connectivity index (χ2v) is 4.68. The number of carbonyl (C=O) groups is 1. The van der Waals surface area contributed by atoms with Gasteiger partial charge in [0.25, 0.3) is 5.69 Å². The van der Waals surface area contributed by atoms with Gasteiger partial charge in [-0.15, -0.1) is 5.10 Å². The number of benzene rings is 1. The van der Waals surface area contributed by atoms with Crippen LogP contribution in [-0.2, 0) is 4.74 Å². The first kappa shape index (κ1) is 14.9. The number of halogens is 1. The molecule has 2 aromatic rings. The molecule has 0 amide bonds. The Bertz CT molecular complexity index is 715. The van der Waals surface area contributed by atoms with Crippen LogP contribution < -0.4 is 0 Å². The minimum absolute atomic E-state index is 0.00659. The second kappa shape index (κ2) is 5.87. The molecular weight excluding hydrogens is 348 g/mol. The quantitative estimate of drug-likeness (QED) is 0.486. The van der Waals surface area contributed by atoms with Gasteiger partial charge in [0.05, 0.1) is 21.6 Å². The fourth-order valence-electron chi connectivity index (χ4n) is 1.63. The Kier molecular flexibility index (Phi) is 4.17. The first-order valence-corrected chi connectivity index (χ1v) is 6.50. The van der Waals surface area contributed by atoms with E-state index in [0.29, 0.717) is 0 Å². The first-order valence-electron chi connectivity index (χ1n) is 5.70. The molecule has 0 atom stereocenters. The molecule has 0 radical (unpaired) electrons. The summed E-state index contributed by atoms with van der Waals surface area (Å²) in [6, 6.07) is 2.24. The lowest BCUT2D eigenvalue weighted by Crippen LogP contribution is -2.07. The molecule has 0 fully saturated rings. The highest BCUT2D eigenvalue weighted by Crippen LogP contribution is 2.39. The van der Waals surface area contributed by atoms with Crippen LogP contribution in [-0.4, -0.2) is 38.0 Å². The highest BCUT2D eigenvalue weighted by atomic mass is 79.9. The van der Waals surface area contributed by atoms with Crippen LogP contribution in [0.5, 0.6) is 5.75 Å². The number of aromatic amines is 1. The summed E-state index contributed by atoms with van der Waals surface area (Å²) in [7, 11) is 0. The zero-order valence-electron chi connectivity index (χ0n) is 10.7. The molecule has 2 rings (SSSR count). The molecule has 0 saturated heterocycles. The number of non-ortho nitro benzene ring substituents is 1. The lowest BCUT2D eigenvalue weighted by Gasteiger charge is -2.05. The molecule has 0 aliphatic rings. The van der Waals surface area contributed by atoms with Gasteiger partial charge in [0.2, 0.25) is 0 Å². The van der Waals surface area contributed by atoms with Crippen molar-refractivity contribution in [2.75, 3.05) is 6.61 Å². The number of phenolic OH excluding ortho intramolecular Hbond substituents is 1. The van der Waals surface area contributed by atoms with Crippen LogP contribution in [0.3, 0.4) is 0 Å². The number of ether oxygens (including phenoxy) is 1. The normalized spacial score (nSPS) is 10.4. The third kappa shape index (κ3) is 2.84. The van der Waals surface area contributed by atoms with Crippen molar-refractivity contribution in [3.8, 4) is 17.0 Å². The Balaban J connectivity index is 2.60. The molecule has 0 unspecified atom stereocenters. The highest BCUT2D eigenvalue weighted by Gasteiger charge is 2.24. The molecule has 0 aliphatic heterocycles. The minimum Gasteiger partial charge on any atom is -0.506 e. The Labute approximate surface area is 126 Å². The number of esters is 1. The number of aromatic hydroxyl groups is 1. The van der Waals surface area contributed by atoms with E-state index in [-0.39, 0.29) is 39.5 Å². The van der Waals surface area contributed by atoms with E-state index in [1.807, 2.05) is 0 Å². The van der Waals surface area contributed by atoms with Gasteiger partial charge in [-0.05, 0) is 22.9 Å². The number of hydrogen-bond donors (Lipinski definition) is 2. The van der Waals surface area contributed by atoms with Crippen molar-refractivity contribution in [3.05, 3.63) is 32.4 Å². The molecular formula is C11H9BrN4O5. The molecule has 110 valence electrons. The smallest absolute Gasteiger partial charge is 0.361 e. The van der Waals surface area contributed by atoms with Gasteiger partial charge >= 0.3 is 5.97 Å². The van der Waals surface area contributed by atoms with Crippen LogP contribution in [0.2, 0.25) is 0 Å². The van der Waals surface area contributed by atoms with Crippen LogP contribution >= 0.6 is 15.9 Å². The average molecular weight is 357 g/mol. The molecule has 1 aromatic carbocycles. The van der Waals surface area contributed by atoms with Gasteiger partial charge in [-0.2, -0.15) is 10.3 Å². The van der Waals surface area contributed by atoms with Crippen molar-refractivity contribution in [3.63, 3.8) is 0 Å². The van der Waals surface area contributed by atoms with Crippen molar-refractivity contribution in [2.45, 2.75) is 6.92 Å². The Morgan fingerprint density at radius 2 is 2.24 bits per heavy atom. The Hall–Kier alpha value is -2.49. The number of nitrogens with zero attached hydrogens (tertiary/aromatic N) is 3. The van der Waals surface area contributed by atoms with Gasteiger partial charge in [0, 0.05) is 12.1 Å². The van der Waals surface area contributed by atoms with Crippen molar-refractivity contribution in [2.24, 2.45) is 0 Å². The fourth-order valence-corrected chi connectivity index (χ4v) is 2.08. The SMILES string of the molecule is CCOC(=O)c1n[nH]nc1-c1cc([N+](=O)[O-])cc(Br)c1O. The molecule has 1 heterocycles. The topological polar surface area (TPSA) is 131 Å². The summed E-state index contributed by atoms with van der Waals surface area (Å²) in [6.45, 7) is 1.76. The molecule has 0 bridgehead atoms. The summed E-state index contributed by atoms with van der Waals surface area (Å²) in [4.78, 5) is 22.0. The minimum atomic E-state index is -0.747. The summed E-state index contributed by atoms with van der Waals surface area (Å²) >= 11 is 3.01. The third-order valence-electron chi connectivity index (χ3n) is 2.53. The maximum Gasteiger partial charge on any atom is 0.361 e. The van der Waals surface area contributed by atoms with Crippen molar-refractivity contribution >= 4 is 27.6 Å². The van der Waals surface area contributed by atoms with Crippen LogP contribution in [0.4, 0.5) is 5.69 Å². The van der Waals surface area contributed by atoms with Gasteiger partial charge in [0.1, 0.15) is 11.4 Å². The van der Waals surface area contributed by atoms with Crippen molar-refractivity contribution in [1.29, 1.82) is 0 Å². The maximum absolute atomic E-state index is 11.7. The summed E-state index contributed by atoms with van der Waals surface area (Å²) in [5.74, 6) is -1.04. The van der Waals surface area contributed by atoms with Gasteiger partial charge in [-0.25, -0.2) is 4.79 Å². The summed E-state index contributed by atoms with van der Waals surface area (Å²) in [6.07, 6.45) is 0. The lowest BCUT2D eigenvalue weighted by molar-refractivity contribution is -0.384. The van der Waals surface area contributed by atoms with Crippen LogP contribution in [0.15, 0.2) is 16.6 Å². The highest BCUT2D eigenvalue weighted by molar-refractivity contribution is 9.10. The number of H-pyrrole nitrogens is 1. The van der Waals surface area contributed by atoms with E-state index in [2.05, 4.69) is 31.3 Å². The molecule has 0 spiro atoms. The standard InChI is InChI=1S/C11H9BrN4O5/c1-2-21-11(18)9-8(13-15-14-9)6-3-5(16(19)20)4-7(12)10(6)17/h3-4,17H,2H2,1H3,(H,13,14,15). The fraction of sp³-hybridized carbons (Fsp3) is 0.182. The predicted octanol–water partition coefficient (Wildman–Crippen LogP) is 2.02. The summed E-state index contributed by atoms with van der Waals surface area (Å²) < 4.78 is 4.91. The first-order chi connectivity index (χ1) is 9.95. The lowest BCUT2D eigenvalue weighted by atomic mass is 10.1. The largest absolute Gasteiger partial charge is 0.506 e. The molecule has 2 N–H and O–H groups in total. The molecule has 0 saturated carbocycles. The number of carbonyl (C=O) groups excluding carboxylic acids is 1. The van der Waals surface area contributed by atoms with Crippen molar-refractivity contribution < 1.29 is 19.6 Å². The third-order valence-corrected chi connectivity index (χ3v) is 3.14. The zero-order valence-corrected chi connectivity index (χ0v) is 12.2. The number of aromatic nitrogens is 3. The van der Waals surface area contributed by atoms with E-state index < -0.39 is 10.9 Å². The zero-order chi connectivity index (χ0) is 15.6. The number of nitrogens with one attached hydrogen (secondary N) is 1. The molecule has 9 nitrogen and oxygen atoms in total. The number of phenols is 1. The summed E-state index contributed by atoms with van der Waals surface area (Å²) in [5, 5.41) is 30.5.